The number of hydrogen-bond donors (Lipinski definition) is 1. The largest absolute Gasteiger partial charge is 0.459 e. The summed E-state index contributed by atoms with van der Waals surface area (Å²) in [5.41, 5.74) is 1.69. The summed E-state index contributed by atoms with van der Waals surface area (Å²) in [5, 5.41) is 4.10. The number of nitrogens with zero attached hydrogens (tertiary/aromatic N) is 2. The molecule has 3 atom stereocenters. The minimum Gasteiger partial charge on any atom is -0.459 e. The topological polar surface area (TPSA) is 50.5 Å². The van der Waals surface area contributed by atoms with Crippen LogP contribution in [0.15, 0.2) is 63.6 Å². The molecule has 2 fully saturated rings. The molecule has 3 aromatic rings. The molecule has 0 amide bonds. The van der Waals surface area contributed by atoms with Gasteiger partial charge < -0.3 is 19.4 Å². The zero-order chi connectivity index (χ0) is 21.4. The number of aromatic nitrogens is 1. The Labute approximate surface area is 193 Å². The average Bonchev–Trinajstić information content (AvgIpc) is 3.51. The molecule has 0 radical (unpaired) electrons. The van der Waals surface area contributed by atoms with Crippen LogP contribution < -0.4 is 5.32 Å². The Morgan fingerprint density at radius 3 is 2.87 bits per heavy atom. The van der Waals surface area contributed by atoms with Crippen LogP contribution in [-0.2, 0) is 4.74 Å². The summed E-state index contributed by atoms with van der Waals surface area (Å²) in [6.07, 6.45) is 4.01. The molecule has 5 nitrogen and oxygen atoms in total. The highest BCUT2D eigenvalue weighted by Gasteiger charge is 2.42. The maximum absolute atomic E-state index is 13.5. The Hall–Kier alpha value is -2.29. The first kappa shape index (κ1) is 20.6. The number of hydrogen-bond acceptors (Lipinski definition) is 4. The van der Waals surface area contributed by atoms with Crippen molar-refractivity contribution in [3.05, 3.63) is 76.5 Å². The molecule has 1 aromatic carbocycles. The highest BCUT2D eigenvalue weighted by atomic mass is 79.9. The van der Waals surface area contributed by atoms with Gasteiger partial charge in [0.25, 0.3) is 0 Å². The molecule has 1 N–H and O–H groups in total. The van der Waals surface area contributed by atoms with E-state index >= 15 is 0 Å². The number of halogens is 2. The second-order valence-corrected chi connectivity index (χ2v) is 8.98. The molecule has 2 saturated heterocycles. The van der Waals surface area contributed by atoms with Crippen LogP contribution in [0.25, 0.3) is 11.3 Å². The van der Waals surface area contributed by atoms with Gasteiger partial charge in [0.15, 0.2) is 5.11 Å². The molecule has 2 aromatic heterocycles. The quantitative estimate of drug-likeness (QED) is 0.472. The molecule has 5 rings (SSSR count). The van der Waals surface area contributed by atoms with Crippen LogP contribution in [0, 0.1) is 5.82 Å². The maximum Gasteiger partial charge on any atom is 0.170 e. The van der Waals surface area contributed by atoms with Gasteiger partial charge in [-0.15, -0.1) is 0 Å². The summed E-state index contributed by atoms with van der Waals surface area (Å²) in [7, 11) is 0. The van der Waals surface area contributed by atoms with E-state index in [4.69, 9.17) is 21.4 Å². The Balaban J connectivity index is 1.51. The lowest BCUT2D eigenvalue weighted by Crippen LogP contribution is -2.36. The summed E-state index contributed by atoms with van der Waals surface area (Å²) < 4.78 is 26.4. The molecular formula is C23H21BrFN3O2S. The van der Waals surface area contributed by atoms with Crippen LogP contribution in [0.3, 0.4) is 0 Å². The fourth-order valence-corrected chi connectivity index (χ4v) is 5.13. The number of rotatable bonds is 5. The van der Waals surface area contributed by atoms with Crippen molar-refractivity contribution in [2.24, 2.45) is 0 Å². The number of ether oxygens (including phenoxy) is 1. The molecule has 4 heterocycles. The lowest BCUT2D eigenvalue weighted by Gasteiger charge is -2.28. The van der Waals surface area contributed by atoms with E-state index in [1.807, 2.05) is 30.3 Å². The van der Waals surface area contributed by atoms with Crippen LogP contribution in [0.4, 0.5) is 4.39 Å². The predicted molar refractivity (Wildman–Crippen MR) is 123 cm³/mol. The summed E-state index contributed by atoms with van der Waals surface area (Å²) in [6.45, 7) is 1.48. The Bertz CT molecular complexity index is 1090. The van der Waals surface area contributed by atoms with E-state index in [-0.39, 0.29) is 24.0 Å². The van der Waals surface area contributed by atoms with Crippen molar-refractivity contribution in [2.75, 3.05) is 13.2 Å². The van der Waals surface area contributed by atoms with E-state index in [1.54, 1.807) is 12.3 Å². The zero-order valence-corrected chi connectivity index (χ0v) is 19.0. The number of benzene rings is 1. The van der Waals surface area contributed by atoms with E-state index in [0.29, 0.717) is 21.9 Å². The third-order valence-electron chi connectivity index (χ3n) is 5.74. The molecule has 2 aliphatic heterocycles. The minimum absolute atomic E-state index is 0.144. The second kappa shape index (κ2) is 8.68. The van der Waals surface area contributed by atoms with Gasteiger partial charge in [-0.3, -0.25) is 4.98 Å². The molecule has 160 valence electrons. The normalized spacial score (nSPS) is 23.4. The summed E-state index contributed by atoms with van der Waals surface area (Å²) in [6, 6.07) is 14.0. The maximum atomic E-state index is 13.5. The first-order chi connectivity index (χ1) is 15.1. The molecule has 31 heavy (non-hydrogen) atoms. The highest BCUT2D eigenvalue weighted by Crippen LogP contribution is 2.41. The number of thiocarbonyl (C=S) groups is 1. The van der Waals surface area contributed by atoms with Crippen molar-refractivity contribution in [3.8, 4) is 11.3 Å². The first-order valence-electron chi connectivity index (χ1n) is 10.2. The van der Waals surface area contributed by atoms with Crippen molar-refractivity contribution in [3.63, 3.8) is 0 Å². The van der Waals surface area contributed by atoms with E-state index in [0.717, 1.165) is 36.5 Å². The van der Waals surface area contributed by atoms with Gasteiger partial charge in [-0.2, -0.15) is 0 Å². The standard InChI is InChI=1S/C23H21BrFN3O2S/c24-17-12-14(25)6-7-16(17)19-8-9-20(30-19)22-21(18-5-1-2-10-26-18)27-23(31)28(22)13-15-4-3-11-29-15/h1-2,5-10,12,15,21-22H,3-4,11,13H2,(H,27,31)/t15-,21-,22+/m0/s1. The average molecular weight is 502 g/mol. The van der Waals surface area contributed by atoms with Crippen molar-refractivity contribution < 1.29 is 13.5 Å². The molecular weight excluding hydrogens is 481 g/mol. The van der Waals surface area contributed by atoms with Crippen molar-refractivity contribution in [1.82, 2.24) is 15.2 Å². The smallest absolute Gasteiger partial charge is 0.170 e. The molecule has 0 aliphatic carbocycles. The minimum atomic E-state index is -0.300. The monoisotopic (exact) mass is 501 g/mol. The SMILES string of the molecule is Fc1ccc(-c2ccc([C@@H]3[C@H](c4ccccn4)NC(=S)N3C[C@@H]3CCCO3)o2)c(Br)c1. The number of pyridine rings is 1. The second-order valence-electron chi connectivity index (χ2n) is 7.74. The van der Waals surface area contributed by atoms with Gasteiger partial charge in [0.05, 0.1) is 17.8 Å². The highest BCUT2D eigenvalue weighted by molar-refractivity contribution is 9.10. The van der Waals surface area contributed by atoms with E-state index in [9.17, 15) is 4.39 Å². The lowest BCUT2D eigenvalue weighted by molar-refractivity contribution is 0.0818. The summed E-state index contributed by atoms with van der Waals surface area (Å²) in [5.74, 6) is 1.13. The fourth-order valence-electron chi connectivity index (χ4n) is 4.26. The predicted octanol–water partition coefficient (Wildman–Crippen LogP) is 5.39. The molecule has 0 spiro atoms. The lowest BCUT2D eigenvalue weighted by atomic mass is 10.0. The molecule has 8 heteroatoms. The molecule has 0 bridgehead atoms. The Kier molecular flexibility index (Phi) is 5.77. The van der Waals surface area contributed by atoms with Crippen LogP contribution in [0.5, 0.6) is 0 Å². The van der Waals surface area contributed by atoms with Gasteiger partial charge >= 0.3 is 0 Å². The van der Waals surface area contributed by atoms with Crippen molar-refractivity contribution >= 4 is 33.3 Å². The number of nitrogens with one attached hydrogen (secondary N) is 1. The van der Waals surface area contributed by atoms with Crippen LogP contribution in [-0.4, -0.2) is 34.3 Å². The molecule has 0 unspecified atom stereocenters. The Morgan fingerprint density at radius 2 is 2.13 bits per heavy atom. The van der Waals surface area contributed by atoms with E-state index < -0.39 is 0 Å². The van der Waals surface area contributed by atoms with Crippen molar-refractivity contribution in [1.29, 1.82) is 0 Å². The number of furan rings is 1. The third-order valence-corrected chi connectivity index (χ3v) is 6.75. The zero-order valence-electron chi connectivity index (χ0n) is 16.6. The van der Waals surface area contributed by atoms with E-state index in [1.165, 1.54) is 12.1 Å². The van der Waals surface area contributed by atoms with Gasteiger partial charge in [-0.1, -0.05) is 6.07 Å². The van der Waals surface area contributed by atoms with E-state index in [2.05, 4.69) is 31.1 Å². The van der Waals surface area contributed by atoms with Crippen LogP contribution in [0.1, 0.15) is 36.4 Å². The fraction of sp³-hybridized carbons (Fsp3) is 0.304. The summed E-state index contributed by atoms with van der Waals surface area (Å²) >= 11 is 9.14. The van der Waals surface area contributed by atoms with Gasteiger partial charge in [0.1, 0.15) is 23.4 Å². The summed E-state index contributed by atoms with van der Waals surface area (Å²) in [4.78, 5) is 6.70. The first-order valence-corrected chi connectivity index (χ1v) is 11.4. The van der Waals surface area contributed by atoms with Gasteiger partial charge in [0.2, 0.25) is 0 Å². The third kappa shape index (κ3) is 4.12. The molecule has 2 aliphatic rings. The van der Waals surface area contributed by atoms with Gasteiger partial charge in [-0.05, 0) is 83.5 Å². The van der Waals surface area contributed by atoms with Crippen LogP contribution >= 0.6 is 28.1 Å². The van der Waals surface area contributed by atoms with Gasteiger partial charge in [0, 0.05) is 29.4 Å². The van der Waals surface area contributed by atoms with Crippen LogP contribution in [0.2, 0.25) is 0 Å². The van der Waals surface area contributed by atoms with Crippen molar-refractivity contribution in [2.45, 2.75) is 31.0 Å². The van der Waals surface area contributed by atoms with Gasteiger partial charge in [-0.25, -0.2) is 4.39 Å². The Morgan fingerprint density at radius 1 is 1.23 bits per heavy atom. The molecule has 0 saturated carbocycles.